The minimum atomic E-state index is -0.233. The molecule has 0 unspecified atom stereocenters. The van der Waals surface area contributed by atoms with Crippen molar-refractivity contribution in [2.75, 3.05) is 11.5 Å². The van der Waals surface area contributed by atoms with Gasteiger partial charge in [-0.05, 0) is 0 Å². The number of Topliss-reactive ketones (excluding diaryl/α,β-unsaturated/α-hetero) is 2. The molecule has 0 heterocycles. The Morgan fingerprint density at radius 2 is 1.23 bits per heavy atom. The van der Waals surface area contributed by atoms with Gasteiger partial charge in [-0.25, -0.2) is 0 Å². The minimum Gasteiger partial charge on any atom is -0.379 e. The molecule has 114 valence electrons. The zero-order valence-corrected chi connectivity index (χ0v) is 13.1. The summed E-state index contributed by atoms with van der Waals surface area (Å²) in [4.78, 5) is 25.2. The average molecular weight is 334 g/mol. The van der Waals surface area contributed by atoms with E-state index < -0.39 is 0 Å². The number of thioether (sulfide) groups is 2. The largest absolute Gasteiger partial charge is 0.379 e. The molecule has 1 aromatic carbocycles. The van der Waals surface area contributed by atoms with Gasteiger partial charge < -0.3 is 11.5 Å². The number of fused-ring (bicyclic) bond motifs is 1. The van der Waals surface area contributed by atoms with Gasteiger partial charge >= 0.3 is 0 Å². The summed E-state index contributed by atoms with van der Waals surface area (Å²) in [6, 6.07) is 6.63. The Balaban J connectivity index is 2.44. The zero-order chi connectivity index (χ0) is 16.3. The smallest absolute Gasteiger partial charge is 0.191 e. The molecule has 2 rings (SSSR count). The fourth-order valence-electron chi connectivity index (χ4n) is 2.08. The van der Waals surface area contributed by atoms with Crippen molar-refractivity contribution < 1.29 is 9.59 Å². The van der Waals surface area contributed by atoms with Crippen LogP contribution in [-0.4, -0.2) is 33.4 Å². The molecule has 0 bridgehead atoms. The van der Waals surface area contributed by atoms with Crippen molar-refractivity contribution in [3.05, 3.63) is 46.5 Å². The SMILES string of the molecule is N=C(N)SCC1=C(CSC(=N)N)C(=O)c2ccccc2C1=O. The fraction of sp³-hybridized carbons (Fsp3) is 0.143. The van der Waals surface area contributed by atoms with Gasteiger partial charge in [-0.15, -0.1) is 0 Å². The van der Waals surface area contributed by atoms with Crippen molar-refractivity contribution in [3.63, 3.8) is 0 Å². The summed E-state index contributed by atoms with van der Waals surface area (Å²) in [7, 11) is 0. The third kappa shape index (κ3) is 3.40. The number of carbonyl (C=O) groups excluding carboxylic acids is 2. The topological polar surface area (TPSA) is 134 Å². The molecule has 0 amide bonds. The van der Waals surface area contributed by atoms with E-state index in [2.05, 4.69) is 0 Å². The molecule has 0 aliphatic heterocycles. The summed E-state index contributed by atoms with van der Waals surface area (Å²) in [5.74, 6) is -0.157. The molecule has 0 atom stereocenters. The second-order valence-corrected chi connectivity index (χ2v) is 6.50. The molecule has 0 spiro atoms. The second-order valence-electron chi connectivity index (χ2n) is 4.47. The van der Waals surface area contributed by atoms with Crippen molar-refractivity contribution in [3.8, 4) is 0 Å². The minimum absolute atomic E-state index is 0.120. The van der Waals surface area contributed by atoms with Crippen LogP contribution in [0.5, 0.6) is 0 Å². The lowest BCUT2D eigenvalue weighted by atomic mass is 9.85. The first-order valence-corrected chi connectivity index (χ1v) is 8.23. The molecule has 0 aromatic heterocycles. The first-order valence-electron chi connectivity index (χ1n) is 6.26. The van der Waals surface area contributed by atoms with Crippen LogP contribution in [0.15, 0.2) is 35.4 Å². The normalized spacial score (nSPS) is 14.0. The van der Waals surface area contributed by atoms with Crippen molar-refractivity contribution in [1.82, 2.24) is 0 Å². The van der Waals surface area contributed by atoms with Crippen LogP contribution in [0.2, 0.25) is 0 Å². The molecule has 8 heteroatoms. The van der Waals surface area contributed by atoms with Crippen molar-refractivity contribution >= 4 is 45.4 Å². The Labute approximate surface area is 135 Å². The molecule has 1 aromatic rings. The highest BCUT2D eigenvalue weighted by atomic mass is 32.2. The third-order valence-electron chi connectivity index (χ3n) is 3.07. The lowest BCUT2D eigenvalue weighted by molar-refractivity contribution is 0.0976. The first kappa shape index (κ1) is 16.3. The van der Waals surface area contributed by atoms with Gasteiger partial charge in [0.1, 0.15) is 0 Å². The number of carbonyl (C=O) groups is 2. The van der Waals surface area contributed by atoms with Gasteiger partial charge in [-0.1, -0.05) is 47.8 Å². The van der Waals surface area contributed by atoms with Crippen LogP contribution in [0.1, 0.15) is 20.7 Å². The molecule has 0 radical (unpaired) electrons. The standard InChI is InChI=1S/C14H14N4O2S2/c15-13(16)21-5-9-10(6-22-14(17)18)12(20)8-4-2-1-3-7(8)11(9)19/h1-4H,5-6H2,(H3,15,16)(H3,17,18). The molecule has 0 saturated heterocycles. The van der Waals surface area contributed by atoms with Crippen LogP contribution in [0.25, 0.3) is 0 Å². The predicted molar refractivity (Wildman–Crippen MR) is 90.9 cm³/mol. The summed E-state index contributed by atoms with van der Waals surface area (Å²) >= 11 is 1.98. The van der Waals surface area contributed by atoms with Gasteiger partial charge in [0.25, 0.3) is 0 Å². The molecule has 6 N–H and O–H groups in total. The van der Waals surface area contributed by atoms with Crippen LogP contribution in [0, 0.1) is 10.8 Å². The summed E-state index contributed by atoms with van der Waals surface area (Å²) in [6.45, 7) is 0. The number of nitrogens with one attached hydrogen (secondary N) is 2. The molecule has 6 nitrogen and oxygen atoms in total. The molecule has 22 heavy (non-hydrogen) atoms. The van der Waals surface area contributed by atoms with Gasteiger partial charge in [0.2, 0.25) is 0 Å². The zero-order valence-electron chi connectivity index (χ0n) is 11.5. The van der Waals surface area contributed by atoms with E-state index in [1.54, 1.807) is 24.3 Å². The van der Waals surface area contributed by atoms with Crippen LogP contribution < -0.4 is 11.5 Å². The Kier molecular flexibility index (Phi) is 5.04. The van der Waals surface area contributed by atoms with E-state index in [9.17, 15) is 9.59 Å². The van der Waals surface area contributed by atoms with Crippen molar-refractivity contribution in [2.45, 2.75) is 0 Å². The van der Waals surface area contributed by atoms with Gasteiger partial charge in [0.05, 0.1) is 0 Å². The van der Waals surface area contributed by atoms with E-state index in [1.807, 2.05) is 0 Å². The number of nitrogens with two attached hydrogens (primary N) is 2. The quantitative estimate of drug-likeness (QED) is 0.488. The second kappa shape index (κ2) is 6.80. The number of benzene rings is 1. The molecule has 1 aliphatic rings. The average Bonchev–Trinajstić information content (AvgIpc) is 2.48. The Hall–Kier alpha value is -2.06. The number of hydrogen-bond acceptors (Lipinski definition) is 6. The number of rotatable bonds is 4. The molecular weight excluding hydrogens is 320 g/mol. The molecule has 1 aliphatic carbocycles. The maximum absolute atomic E-state index is 12.6. The van der Waals surface area contributed by atoms with E-state index in [1.165, 1.54) is 0 Å². The molecular formula is C14H14N4O2S2. The highest BCUT2D eigenvalue weighted by molar-refractivity contribution is 8.14. The van der Waals surface area contributed by atoms with Crippen molar-refractivity contribution in [2.24, 2.45) is 11.5 Å². The summed E-state index contributed by atoms with van der Waals surface area (Å²) in [5, 5.41) is 14.3. The first-order chi connectivity index (χ1) is 10.4. The maximum atomic E-state index is 12.6. The summed E-state index contributed by atoms with van der Waals surface area (Å²) in [5.41, 5.74) is 12.0. The number of ketones is 2. The lowest BCUT2D eigenvalue weighted by Gasteiger charge is -2.20. The van der Waals surface area contributed by atoms with E-state index in [-0.39, 0.29) is 33.4 Å². The number of hydrogen-bond donors (Lipinski definition) is 4. The predicted octanol–water partition coefficient (Wildman–Crippen LogP) is 1.62. The Bertz CT molecular complexity index is 654. The Morgan fingerprint density at radius 3 is 1.55 bits per heavy atom. The van der Waals surface area contributed by atoms with Gasteiger partial charge in [-0.3, -0.25) is 20.4 Å². The lowest BCUT2D eigenvalue weighted by Crippen LogP contribution is -2.25. The van der Waals surface area contributed by atoms with Gasteiger partial charge in [-0.2, -0.15) is 0 Å². The number of amidine groups is 2. The Morgan fingerprint density at radius 1 is 0.864 bits per heavy atom. The monoisotopic (exact) mass is 334 g/mol. The van der Waals surface area contributed by atoms with E-state index in [0.717, 1.165) is 23.5 Å². The van der Waals surface area contributed by atoms with E-state index >= 15 is 0 Å². The molecule has 0 saturated carbocycles. The highest BCUT2D eigenvalue weighted by Gasteiger charge is 2.31. The summed E-state index contributed by atoms with van der Waals surface area (Å²) in [6.07, 6.45) is 0. The van der Waals surface area contributed by atoms with Crippen LogP contribution in [-0.2, 0) is 0 Å². The van der Waals surface area contributed by atoms with Crippen LogP contribution in [0.4, 0.5) is 0 Å². The summed E-state index contributed by atoms with van der Waals surface area (Å²) < 4.78 is 0. The maximum Gasteiger partial charge on any atom is 0.191 e. The fourth-order valence-corrected chi connectivity index (χ4v) is 3.29. The van der Waals surface area contributed by atoms with Gasteiger partial charge in [0.15, 0.2) is 21.9 Å². The molecule has 0 fully saturated rings. The highest BCUT2D eigenvalue weighted by Crippen LogP contribution is 2.30. The van der Waals surface area contributed by atoms with Crippen LogP contribution >= 0.6 is 23.5 Å². The van der Waals surface area contributed by atoms with E-state index in [0.29, 0.717) is 22.3 Å². The van der Waals surface area contributed by atoms with E-state index in [4.69, 9.17) is 22.3 Å². The van der Waals surface area contributed by atoms with Crippen LogP contribution in [0.3, 0.4) is 0 Å². The van der Waals surface area contributed by atoms with Crippen molar-refractivity contribution in [1.29, 1.82) is 10.8 Å². The van der Waals surface area contributed by atoms with Gasteiger partial charge in [0, 0.05) is 33.8 Å². The third-order valence-corrected chi connectivity index (χ3v) is 4.56.